The topological polar surface area (TPSA) is 114 Å². The number of aryl methyl sites for hydroxylation is 2. The zero-order valence-corrected chi connectivity index (χ0v) is 12.0. The predicted molar refractivity (Wildman–Crippen MR) is 75.8 cm³/mol. The van der Waals surface area contributed by atoms with E-state index >= 15 is 0 Å². The molecule has 1 heterocycles. The first-order valence-electron chi connectivity index (χ1n) is 5.95. The summed E-state index contributed by atoms with van der Waals surface area (Å²) >= 11 is 4.87. The summed E-state index contributed by atoms with van der Waals surface area (Å²) in [5.74, 6) is -0.517. The van der Waals surface area contributed by atoms with Gasteiger partial charge in [-0.15, -0.1) is 0 Å². The van der Waals surface area contributed by atoms with E-state index in [1.54, 1.807) is 6.92 Å². The van der Waals surface area contributed by atoms with E-state index in [0.717, 1.165) is 0 Å². The summed E-state index contributed by atoms with van der Waals surface area (Å²) < 4.78 is 1.42. The van der Waals surface area contributed by atoms with Crippen molar-refractivity contribution in [3.63, 3.8) is 0 Å². The number of carbonyl (C=O) groups excluding carboxylic acids is 1. The third kappa shape index (κ3) is 4.80. The quantitative estimate of drug-likeness (QED) is 0.398. The van der Waals surface area contributed by atoms with Crippen LogP contribution in [0, 0.1) is 17.0 Å². The van der Waals surface area contributed by atoms with Crippen molar-refractivity contribution in [1.82, 2.24) is 25.9 Å². The molecule has 0 aliphatic heterocycles. The van der Waals surface area contributed by atoms with Crippen molar-refractivity contribution in [2.75, 3.05) is 6.54 Å². The molecule has 1 aromatic rings. The van der Waals surface area contributed by atoms with Gasteiger partial charge in [-0.3, -0.25) is 15.6 Å². The van der Waals surface area contributed by atoms with E-state index in [1.807, 2.05) is 6.92 Å². The Morgan fingerprint density at radius 2 is 2.25 bits per heavy atom. The molecule has 0 bridgehead atoms. The molecule has 9 nitrogen and oxygen atoms in total. The minimum Gasteiger partial charge on any atom is -0.362 e. The highest BCUT2D eigenvalue weighted by Gasteiger charge is 2.15. The van der Waals surface area contributed by atoms with Crippen LogP contribution < -0.4 is 16.2 Å². The Balaban J connectivity index is 2.41. The van der Waals surface area contributed by atoms with Crippen LogP contribution in [0.25, 0.3) is 0 Å². The Bertz CT molecular complexity index is 515. The van der Waals surface area contributed by atoms with E-state index in [2.05, 4.69) is 21.3 Å². The van der Waals surface area contributed by atoms with Crippen LogP contribution in [0.3, 0.4) is 0 Å². The summed E-state index contributed by atoms with van der Waals surface area (Å²) in [6.45, 7) is 4.47. The summed E-state index contributed by atoms with van der Waals surface area (Å²) in [7, 11) is 0. The van der Waals surface area contributed by atoms with Gasteiger partial charge in [0.05, 0.1) is 23.4 Å². The van der Waals surface area contributed by atoms with E-state index in [9.17, 15) is 14.9 Å². The van der Waals surface area contributed by atoms with Crippen molar-refractivity contribution in [3.8, 4) is 0 Å². The fourth-order valence-corrected chi connectivity index (χ4v) is 1.60. The molecular formula is C10H16N6O3S. The number of carbonyl (C=O) groups is 1. The Kier molecular flexibility index (Phi) is 5.84. The predicted octanol–water partition coefficient (Wildman–Crippen LogP) is 0.00502. The van der Waals surface area contributed by atoms with Crippen LogP contribution in [0.5, 0.6) is 0 Å². The van der Waals surface area contributed by atoms with Crippen LogP contribution in [0.1, 0.15) is 19.0 Å². The molecule has 0 saturated carbocycles. The van der Waals surface area contributed by atoms with Crippen LogP contribution in [-0.4, -0.2) is 32.3 Å². The van der Waals surface area contributed by atoms with Crippen LogP contribution in [0.4, 0.5) is 5.82 Å². The van der Waals surface area contributed by atoms with Crippen LogP contribution in [-0.2, 0) is 11.3 Å². The molecule has 3 N–H and O–H groups in total. The van der Waals surface area contributed by atoms with Crippen LogP contribution >= 0.6 is 12.2 Å². The van der Waals surface area contributed by atoms with Gasteiger partial charge in [0.1, 0.15) is 0 Å². The Hall–Kier alpha value is -2.23. The van der Waals surface area contributed by atoms with Gasteiger partial charge in [-0.2, -0.15) is 4.68 Å². The number of aromatic nitrogens is 2. The standard InChI is InChI=1S/C10H16N6O3S/c1-3-11-10(20)13-12-9(17)4-5-15-7(2)6-8(14-15)16(18)19/h6H,3-5H2,1-2H3,(H,12,17)(H2,11,13,20). The summed E-state index contributed by atoms with van der Waals surface area (Å²) in [5, 5.41) is 17.5. The smallest absolute Gasteiger partial charge is 0.362 e. The molecule has 1 rings (SSSR count). The number of nitrogens with zero attached hydrogens (tertiary/aromatic N) is 3. The fraction of sp³-hybridized carbons (Fsp3) is 0.500. The maximum Gasteiger partial charge on any atom is 0.390 e. The van der Waals surface area contributed by atoms with Crippen LogP contribution in [0.15, 0.2) is 6.07 Å². The molecule has 110 valence electrons. The second kappa shape index (κ2) is 7.38. The molecule has 0 aromatic carbocycles. The van der Waals surface area contributed by atoms with Gasteiger partial charge in [-0.1, -0.05) is 0 Å². The van der Waals surface area contributed by atoms with Crippen molar-refractivity contribution in [3.05, 3.63) is 21.9 Å². The normalized spacial score (nSPS) is 9.90. The number of nitrogens with one attached hydrogen (secondary N) is 3. The first-order valence-corrected chi connectivity index (χ1v) is 6.36. The number of hydrogen-bond donors (Lipinski definition) is 3. The molecule has 0 atom stereocenters. The van der Waals surface area contributed by atoms with Crippen molar-refractivity contribution in [1.29, 1.82) is 0 Å². The Morgan fingerprint density at radius 1 is 1.55 bits per heavy atom. The maximum atomic E-state index is 11.5. The molecule has 0 saturated heterocycles. The molecule has 0 radical (unpaired) electrons. The summed E-state index contributed by atoms with van der Waals surface area (Å²) in [6, 6.07) is 1.36. The highest BCUT2D eigenvalue weighted by atomic mass is 32.1. The zero-order valence-electron chi connectivity index (χ0n) is 11.2. The molecule has 1 aromatic heterocycles. The number of nitro groups is 1. The van der Waals surface area contributed by atoms with Crippen molar-refractivity contribution in [2.45, 2.75) is 26.8 Å². The molecule has 0 aliphatic carbocycles. The second-order valence-electron chi connectivity index (χ2n) is 3.91. The SMILES string of the molecule is CCNC(=S)NNC(=O)CCn1nc([N+](=O)[O-])cc1C. The zero-order chi connectivity index (χ0) is 15.1. The molecular weight excluding hydrogens is 284 g/mol. The molecule has 20 heavy (non-hydrogen) atoms. The molecule has 0 spiro atoms. The van der Waals surface area contributed by atoms with Gasteiger partial charge in [0.2, 0.25) is 5.91 Å². The van der Waals surface area contributed by atoms with Gasteiger partial charge in [0, 0.05) is 13.0 Å². The van der Waals surface area contributed by atoms with Gasteiger partial charge >= 0.3 is 5.82 Å². The maximum absolute atomic E-state index is 11.5. The third-order valence-corrected chi connectivity index (χ3v) is 2.61. The number of rotatable bonds is 5. The number of thiocarbonyl (C=S) groups is 1. The van der Waals surface area contributed by atoms with E-state index in [-0.39, 0.29) is 24.7 Å². The average Bonchev–Trinajstić information content (AvgIpc) is 2.76. The van der Waals surface area contributed by atoms with E-state index in [0.29, 0.717) is 17.4 Å². The first kappa shape index (κ1) is 15.8. The molecule has 0 unspecified atom stereocenters. The highest BCUT2D eigenvalue weighted by molar-refractivity contribution is 7.80. The minimum atomic E-state index is -0.569. The fourth-order valence-electron chi connectivity index (χ4n) is 1.41. The highest BCUT2D eigenvalue weighted by Crippen LogP contribution is 2.10. The largest absolute Gasteiger partial charge is 0.390 e. The lowest BCUT2D eigenvalue weighted by atomic mass is 10.4. The van der Waals surface area contributed by atoms with Crippen molar-refractivity contribution < 1.29 is 9.72 Å². The van der Waals surface area contributed by atoms with Gasteiger partial charge in [-0.25, -0.2) is 0 Å². The van der Waals surface area contributed by atoms with Gasteiger partial charge in [0.15, 0.2) is 5.11 Å². The van der Waals surface area contributed by atoms with E-state index < -0.39 is 4.92 Å². The first-order chi connectivity index (χ1) is 9.43. The number of hydrazine groups is 1. The van der Waals surface area contributed by atoms with Gasteiger partial charge in [-0.05, 0) is 31.0 Å². The summed E-state index contributed by atoms with van der Waals surface area (Å²) in [4.78, 5) is 21.5. The monoisotopic (exact) mass is 300 g/mol. The summed E-state index contributed by atoms with van der Waals surface area (Å²) in [6.07, 6.45) is 0.126. The average molecular weight is 300 g/mol. The lowest BCUT2D eigenvalue weighted by Crippen LogP contribution is -2.46. The van der Waals surface area contributed by atoms with Gasteiger partial charge < -0.3 is 15.4 Å². The minimum absolute atomic E-state index is 0.126. The van der Waals surface area contributed by atoms with Gasteiger partial charge in [0.25, 0.3) is 0 Å². The third-order valence-electron chi connectivity index (χ3n) is 2.36. The van der Waals surface area contributed by atoms with E-state index in [4.69, 9.17) is 12.2 Å². The second-order valence-corrected chi connectivity index (χ2v) is 4.32. The lowest BCUT2D eigenvalue weighted by Gasteiger charge is -2.09. The molecule has 0 aliphatic rings. The Morgan fingerprint density at radius 3 is 2.80 bits per heavy atom. The Labute approximate surface area is 120 Å². The van der Waals surface area contributed by atoms with Crippen LogP contribution in [0.2, 0.25) is 0 Å². The number of hydrogen-bond acceptors (Lipinski definition) is 5. The molecule has 0 fully saturated rings. The molecule has 10 heteroatoms. The van der Waals surface area contributed by atoms with E-state index in [1.165, 1.54) is 10.7 Å². The lowest BCUT2D eigenvalue weighted by molar-refractivity contribution is -0.389. The molecule has 1 amide bonds. The van der Waals surface area contributed by atoms with Crippen molar-refractivity contribution in [2.24, 2.45) is 0 Å². The summed E-state index contributed by atoms with van der Waals surface area (Å²) in [5.41, 5.74) is 5.59. The van der Waals surface area contributed by atoms with Crippen molar-refractivity contribution >= 4 is 29.1 Å². The number of amides is 1.